The maximum Gasteiger partial charge on any atom is 0.318 e. The molecule has 2 fully saturated rings. The van der Waals surface area contributed by atoms with Crippen LogP contribution in [0.4, 0.5) is 14.9 Å². The highest BCUT2D eigenvalue weighted by atomic mass is 19.1. The number of anilines is 1. The van der Waals surface area contributed by atoms with Crippen LogP contribution in [0, 0.1) is 11.7 Å². The fourth-order valence-electron chi connectivity index (χ4n) is 3.55. The van der Waals surface area contributed by atoms with Crippen LogP contribution in [0.2, 0.25) is 0 Å². The van der Waals surface area contributed by atoms with Crippen LogP contribution in [-0.4, -0.2) is 54.2 Å². The molecule has 2 aliphatic heterocycles. The molecular weight excluding hydrogens is 325 g/mol. The number of benzene rings is 1. The zero-order valence-electron chi connectivity index (χ0n) is 14.2. The van der Waals surface area contributed by atoms with Crippen molar-refractivity contribution in [2.75, 3.05) is 31.1 Å². The molecule has 2 N–H and O–H groups in total. The molecule has 0 bridgehead atoms. The van der Waals surface area contributed by atoms with Crippen LogP contribution in [0.25, 0.3) is 0 Å². The van der Waals surface area contributed by atoms with Crippen LogP contribution in [0.1, 0.15) is 25.7 Å². The van der Waals surface area contributed by atoms with Crippen molar-refractivity contribution in [3.05, 3.63) is 30.1 Å². The van der Waals surface area contributed by atoms with Gasteiger partial charge in [-0.3, -0.25) is 4.79 Å². The van der Waals surface area contributed by atoms with E-state index in [1.165, 1.54) is 17.0 Å². The van der Waals surface area contributed by atoms with Crippen LogP contribution >= 0.6 is 0 Å². The maximum atomic E-state index is 13.4. The number of urea groups is 1. The summed E-state index contributed by atoms with van der Waals surface area (Å²) in [6.07, 6.45) is 3.09. The van der Waals surface area contributed by atoms with Gasteiger partial charge in [-0.2, -0.15) is 0 Å². The molecule has 136 valence electrons. The van der Waals surface area contributed by atoms with Gasteiger partial charge in [-0.1, -0.05) is 6.07 Å². The van der Waals surface area contributed by atoms with Crippen molar-refractivity contribution < 1.29 is 19.1 Å². The van der Waals surface area contributed by atoms with Gasteiger partial charge in [-0.15, -0.1) is 0 Å². The molecule has 2 atom stereocenters. The highest BCUT2D eigenvalue weighted by Gasteiger charge is 2.33. The van der Waals surface area contributed by atoms with Gasteiger partial charge >= 0.3 is 6.03 Å². The van der Waals surface area contributed by atoms with Crippen LogP contribution < -0.4 is 10.2 Å². The molecule has 1 aromatic carbocycles. The second-order valence-electron chi connectivity index (χ2n) is 6.75. The van der Waals surface area contributed by atoms with Gasteiger partial charge in [0.2, 0.25) is 5.91 Å². The lowest BCUT2D eigenvalue weighted by molar-refractivity contribution is -0.121. The number of carbonyl (C=O) groups is 2. The van der Waals surface area contributed by atoms with Crippen LogP contribution in [-0.2, 0) is 4.79 Å². The van der Waals surface area contributed by atoms with Gasteiger partial charge in [0.05, 0.1) is 0 Å². The van der Waals surface area contributed by atoms with Gasteiger partial charge in [-0.25, -0.2) is 9.18 Å². The molecule has 3 amide bonds. The Balaban J connectivity index is 1.64. The quantitative estimate of drug-likeness (QED) is 0.873. The largest absolute Gasteiger partial charge is 0.396 e. The predicted octanol–water partition coefficient (Wildman–Crippen LogP) is 1.74. The van der Waals surface area contributed by atoms with Gasteiger partial charge in [-0.05, 0) is 49.8 Å². The molecule has 25 heavy (non-hydrogen) atoms. The summed E-state index contributed by atoms with van der Waals surface area (Å²) in [5.74, 6) is -0.494. The molecular formula is C18H24FN3O3. The number of aliphatic hydroxyl groups excluding tert-OH is 1. The minimum atomic E-state index is -0.598. The molecule has 0 spiro atoms. The summed E-state index contributed by atoms with van der Waals surface area (Å²) in [5.41, 5.74) is 0.516. The minimum absolute atomic E-state index is 0.0689. The van der Waals surface area contributed by atoms with E-state index in [4.69, 9.17) is 0 Å². The lowest BCUT2D eigenvalue weighted by atomic mass is 9.99. The van der Waals surface area contributed by atoms with E-state index in [2.05, 4.69) is 5.32 Å². The van der Waals surface area contributed by atoms with Crippen molar-refractivity contribution in [1.82, 2.24) is 10.2 Å². The van der Waals surface area contributed by atoms with E-state index in [1.807, 2.05) is 0 Å². The van der Waals surface area contributed by atoms with E-state index in [0.29, 0.717) is 31.7 Å². The molecule has 2 heterocycles. The number of rotatable bonds is 3. The Labute approximate surface area is 146 Å². The normalized spacial score (nSPS) is 24.3. The number of hydrogen-bond donors (Lipinski definition) is 2. The second-order valence-corrected chi connectivity index (χ2v) is 6.75. The van der Waals surface area contributed by atoms with E-state index in [-0.39, 0.29) is 30.3 Å². The second kappa shape index (κ2) is 7.82. The number of likely N-dealkylation sites (tertiary alicyclic amines) is 1. The number of piperidine rings is 2. The third-order valence-corrected chi connectivity index (χ3v) is 4.92. The number of halogens is 1. The summed E-state index contributed by atoms with van der Waals surface area (Å²) in [6, 6.07) is 5.07. The van der Waals surface area contributed by atoms with Gasteiger partial charge in [0.15, 0.2) is 0 Å². The summed E-state index contributed by atoms with van der Waals surface area (Å²) in [6.45, 7) is 1.73. The number of aliphatic hydroxyl groups is 1. The van der Waals surface area contributed by atoms with Crippen LogP contribution in [0.3, 0.4) is 0 Å². The monoisotopic (exact) mass is 349 g/mol. The van der Waals surface area contributed by atoms with Crippen molar-refractivity contribution in [3.8, 4) is 0 Å². The fourth-order valence-corrected chi connectivity index (χ4v) is 3.55. The first kappa shape index (κ1) is 17.7. The number of hydrogen-bond acceptors (Lipinski definition) is 3. The van der Waals surface area contributed by atoms with Crippen LogP contribution in [0.15, 0.2) is 24.3 Å². The summed E-state index contributed by atoms with van der Waals surface area (Å²) in [5, 5.41) is 12.1. The summed E-state index contributed by atoms with van der Waals surface area (Å²) in [4.78, 5) is 28.4. The van der Waals surface area contributed by atoms with E-state index in [9.17, 15) is 19.1 Å². The molecule has 2 aliphatic rings. The van der Waals surface area contributed by atoms with Gasteiger partial charge in [0.1, 0.15) is 11.9 Å². The lowest BCUT2D eigenvalue weighted by Gasteiger charge is -2.36. The van der Waals surface area contributed by atoms with Crippen molar-refractivity contribution in [2.24, 2.45) is 5.92 Å². The average molecular weight is 349 g/mol. The SMILES string of the molecule is O=C(N[C@H]1CCCN(c2cccc(F)c2)C1=O)N1CCC[C@@H](CO)C1. The Morgan fingerprint density at radius 1 is 1.28 bits per heavy atom. The highest BCUT2D eigenvalue weighted by molar-refractivity contribution is 5.99. The zero-order valence-corrected chi connectivity index (χ0v) is 14.2. The zero-order chi connectivity index (χ0) is 17.8. The van der Waals surface area contributed by atoms with Crippen molar-refractivity contribution in [3.63, 3.8) is 0 Å². The van der Waals surface area contributed by atoms with Crippen molar-refractivity contribution in [2.45, 2.75) is 31.7 Å². The maximum absolute atomic E-state index is 13.4. The molecule has 0 unspecified atom stereocenters. The number of nitrogens with one attached hydrogen (secondary N) is 1. The standard InChI is InChI=1S/C18H24FN3O3/c19-14-5-1-6-15(10-14)22-9-3-7-16(17(22)24)20-18(25)21-8-2-4-13(11-21)12-23/h1,5-6,10,13,16,23H,2-4,7-9,11-12H2,(H,20,25)/t13-,16+/m1/s1. The first-order chi connectivity index (χ1) is 12.1. The van der Waals surface area contributed by atoms with E-state index in [1.54, 1.807) is 17.0 Å². The molecule has 0 aliphatic carbocycles. The highest BCUT2D eigenvalue weighted by Crippen LogP contribution is 2.22. The Morgan fingerprint density at radius 3 is 2.84 bits per heavy atom. The summed E-state index contributed by atoms with van der Waals surface area (Å²) >= 11 is 0. The topological polar surface area (TPSA) is 72.9 Å². The predicted molar refractivity (Wildman–Crippen MR) is 91.7 cm³/mol. The molecule has 0 radical (unpaired) electrons. The molecule has 7 heteroatoms. The average Bonchev–Trinajstić information content (AvgIpc) is 2.63. The fraction of sp³-hybridized carbons (Fsp3) is 0.556. The smallest absolute Gasteiger partial charge is 0.318 e. The van der Waals surface area contributed by atoms with E-state index >= 15 is 0 Å². The van der Waals surface area contributed by atoms with E-state index < -0.39 is 6.04 Å². The first-order valence-corrected chi connectivity index (χ1v) is 8.81. The third-order valence-electron chi connectivity index (χ3n) is 4.92. The lowest BCUT2D eigenvalue weighted by Crippen LogP contribution is -2.56. The molecule has 6 nitrogen and oxygen atoms in total. The van der Waals surface area contributed by atoms with Crippen molar-refractivity contribution in [1.29, 1.82) is 0 Å². The molecule has 0 aromatic heterocycles. The summed E-state index contributed by atoms with van der Waals surface area (Å²) in [7, 11) is 0. The summed E-state index contributed by atoms with van der Waals surface area (Å²) < 4.78 is 13.4. The first-order valence-electron chi connectivity index (χ1n) is 8.81. The Bertz CT molecular complexity index is 640. The molecule has 2 saturated heterocycles. The van der Waals surface area contributed by atoms with E-state index in [0.717, 1.165) is 19.3 Å². The number of amides is 3. The van der Waals surface area contributed by atoms with Gasteiger partial charge in [0, 0.05) is 31.9 Å². The van der Waals surface area contributed by atoms with Gasteiger partial charge < -0.3 is 20.2 Å². The Kier molecular flexibility index (Phi) is 5.53. The molecule has 0 saturated carbocycles. The Hall–Kier alpha value is -2.15. The third kappa shape index (κ3) is 4.10. The van der Waals surface area contributed by atoms with Gasteiger partial charge in [0.25, 0.3) is 0 Å². The Morgan fingerprint density at radius 2 is 2.08 bits per heavy atom. The van der Waals surface area contributed by atoms with Crippen molar-refractivity contribution >= 4 is 17.6 Å². The minimum Gasteiger partial charge on any atom is -0.396 e. The number of carbonyl (C=O) groups excluding carboxylic acids is 2. The van der Waals surface area contributed by atoms with Crippen LogP contribution in [0.5, 0.6) is 0 Å². The number of nitrogens with zero attached hydrogens (tertiary/aromatic N) is 2. The molecule has 1 aromatic rings. The molecule has 3 rings (SSSR count).